The molecular formula is C15H19N3O2. The zero-order chi connectivity index (χ0) is 14.3. The van der Waals surface area contributed by atoms with Gasteiger partial charge < -0.3 is 10.4 Å². The van der Waals surface area contributed by atoms with Crippen LogP contribution in [0.4, 0.5) is 0 Å². The Bertz CT molecular complexity index is 662. The van der Waals surface area contributed by atoms with Crippen molar-refractivity contribution in [1.29, 1.82) is 0 Å². The summed E-state index contributed by atoms with van der Waals surface area (Å²) in [6.45, 7) is 6.17. The number of nitrogens with one attached hydrogen (secondary N) is 1. The third-order valence-electron chi connectivity index (χ3n) is 4.31. The molecule has 2 heterocycles. The first-order valence-electron chi connectivity index (χ1n) is 7.01. The maximum atomic E-state index is 11.3. The zero-order valence-electron chi connectivity index (χ0n) is 11.8. The van der Waals surface area contributed by atoms with Gasteiger partial charge in [-0.2, -0.15) is 5.10 Å². The molecule has 1 fully saturated rings. The van der Waals surface area contributed by atoms with Gasteiger partial charge in [-0.1, -0.05) is 19.1 Å². The van der Waals surface area contributed by atoms with Crippen LogP contribution in [0.15, 0.2) is 18.2 Å². The summed E-state index contributed by atoms with van der Waals surface area (Å²) in [5.74, 6) is -0.382. The fraction of sp³-hybridized carbons (Fsp3) is 0.467. The lowest BCUT2D eigenvalue weighted by molar-refractivity contribution is 0.0698. The third kappa shape index (κ3) is 1.98. The summed E-state index contributed by atoms with van der Waals surface area (Å²) in [5.41, 5.74) is 1.92. The minimum Gasteiger partial charge on any atom is -0.478 e. The first-order chi connectivity index (χ1) is 9.59. The third-order valence-corrected chi connectivity index (χ3v) is 4.31. The largest absolute Gasteiger partial charge is 0.478 e. The summed E-state index contributed by atoms with van der Waals surface area (Å²) in [6, 6.07) is 5.64. The average molecular weight is 273 g/mol. The van der Waals surface area contributed by atoms with Crippen molar-refractivity contribution in [2.24, 2.45) is 5.92 Å². The lowest BCUT2D eigenvalue weighted by Crippen LogP contribution is -2.37. The lowest BCUT2D eigenvalue weighted by atomic mass is 9.95. The van der Waals surface area contributed by atoms with Crippen LogP contribution >= 0.6 is 0 Å². The first-order valence-corrected chi connectivity index (χ1v) is 7.01. The minimum absolute atomic E-state index is 0.278. The number of aryl methyl sites for hydroxylation is 1. The van der Waals surface area contributed by atoms with Crippen molar-refractivity contribution < 1.29 is 9.90 Å². The molecule has 0 bridgehead atoms. The molecule has 0 aliphatic carbocycles. The van der Waals surface area contributed by atoms with Gasteiger partial charge in [0.25, 0.3) is 0 Å². The van der Waals surface area contributed by atoms with E-state index in [1.54, 1.807) is 12.1 Å². The van der Waals surface area contributed by atoms with Crippen molar-refractivity contribution in [2.45, 2.75) is 26.3 Å². The molecule has 1 aliphatic heterocycles. The standard InChI is InChI=1S/C15H19N3O2/c1-9-6-7-16-8-13(9)18-10(2)11-4-3-5-12(15(19)20)14(11)17-18/h3-5,9,13,16H,6-8H2,1-2H3,(H,19,20). The Morgan fingerprint density at radius 2 is 2.30 bits per heavy atom. The van der Waals surface area contributed by atoms with Crippen molar-refractivity contribution in [3.63, 3.8) is 0 Å². The first kappa shape index (κ1) is 13.1. The number of aromatic carboxylic acids is 1. The Morgan fingerprint density at radius 3 is 3.00 bits per heavy atom. The van der Waals surface area contributed by atoms with Crippen LogP contribution in [0, 0.1) is 12.8 Å². The predicted octanol–water partition coefficient (Wildman–Crippen LogP) is 2.21. The molecule has 2 atom stereocenters. The number of rotatable bonds is 2. The quantitative estimate of drug-likeness (QED) is 0.880. The van der Waals surface area contributed by atoms with Crippen LogP contribution < -0.4 is 5.32 Å². The highest BCUT2D eigenvalue weighted by Crippen LogP contribution is 2.29. The van der Waals surface area contributed by atoms with E-state index in [4.69, 9.17) is 0 Å². The zero-order valence-corrected chi connectivity index (χ0v) is 11.8. The maximum absolute atomic E-state index is 11.3. The molecule has 1 aromatic carbocycles. The molecule has 0 amide bonds. The second-order valence-electron chi connectivity index (χ2n) is 5.57. The van der Waals surface area contributed by atoms with E-state index in [0.717, 1.165) is 30.6 Å². The smallest absolute Gasteiger partial charge is 0.337 e. The number of carbonyl (C=O) groups is 1. The van der Waals surface area contributed by atoms with Crippen LogP contribution in [0.25, 0.3) is 10.9 Å². The molecule has 0 radical (unpaired) electrons. The number of fused-ring (bicyclic) bond motifs is 1. The van der Waals surface area contributed by atoms with E-state index in [1.807, 2.05) is 17.7 Å². The van der Waals surface area contributed by atoms with Gasteiger partial charge in [0, 0.05) is 17.6 Å². The summed E-state index contributed by atoms with van der Waals surface area (Å²) in [7, 11) is 0. The number of carboxylic acid groups (broad SMARTS) is 1. The molecule has 5 nitrogen and oxygen atoms in total. The number of hydrogen-bond donors (Lipinski definition) is 2. The number of carboxylic acids is 1. The van der Waals surface area contributed by atoms with E-state index in [-0.39, 0.29) is 11.6 Å². The summed E-state index contributed by atoms with van der Waals surface area (Å²) >= 11 is 0. The Morgan fingerprint density at radius 1 is 1.50 bits per heavy atom. The van der Waals surface area contributed by atoms with Crippen LogP contribution in [0.2, 0.25) is 0 Å². The normalized spacial score (nSPS) is 23.1. The van der Waals surface area contributed by atoms with Crippen LogP contribution in [0.5, 0.6) is 0 Å². The molecule has 0 saturated carbocycles. The van der Waals surface area contributed by atoms with Gasteiger partial charge in [0.1, 0.15) is 5.52 Å². The van der Waals surface area contributed by atoms with Gasteiger partial charge in [-0.3, -0.25) is 4.68 Å². The second-order valence-corrected chi connectivity index (χ2v) is 5.57. The van der Waals surface area contributed by atoms with Crippen molar-refractivity contribution in [1.82, 2.24) is 15.1 Å². The van der Waals surface area contributed by atoms with Gasteiger partial charge in [0.2, 0.25) is 0 Å². The van der Waals surface area contributed by atoms with Crippen LogP contribution in [0.3, 0.4) is 0 Å². The number of aromatic nitrogens is 2. The predicted molar refractivity (Wildman–Crippen MR) is 77.1 cm³/mol. The Balaban J connectivity index is 2.15. The van der Waals surface area contributed by atoms with Crippen molar-refractivity contribution in [3.05, 3.63) is 29.5 Å². The lowest BCUT2D eigenvalue weighted by Gasteiger charge is -2.30. The van der Waals surface area contributed by atoms with Crippen LogP contribution in [0.1, 0.15) is 35.4 Å². The van der Waals surface area contributed by atoms with E-state index >= 15 is 0 Å². The maximum Gasteiger partial charge on any atom is 0.337 e. The highest BCUT2D eigenvalue weighted by molar-refractivity contribution is 6.02. The molecule has 0 spiro atoms. The molecule has 1 saturated heterocycles. The second kappa shape index (κ2) is 4.90. The van der Waals surface area contributed by atoms with Gasteiger partial charge in [-0.05, 0) is 31.9 Å². The number of nitrogens with zero attached hydrogens (tertiary/aromatic N) is 2. The van der Waals surface area contributed by atoms with Gasteiger partial charge in [0.05, 0.1) is 11.6 Å². The topological polar surface area (TPSA) is 67.1 Å². The molecule has 1 aromatic heterocycles. The summed E-state index contributed by atoms with van der Waals surface area (Å²) in [6.07, 6.45) is 1.12. The van der Waals surface area contributed by atoms with E-state index in [9.17, 15) is 9.90 Å². The molecule has 5 heteroatoms. The van der Waals surface area contributed by atoms with Gasteiger partial charge >= 0.3 is 5.97 Å². The Hall–Kier alpha value is -1.88. The van der Waals surface area contributed by atoms with E-state index < -0.39 is 5.97 Å². The molecule has 2 unspecified atom stereocenters. The SMILES string of the molecule is Cc1c2cccc(C(=O)O)c2nn1C1CNCCC1C. The molecule has 106 valence electrons. The average Bonchev–Trinajstić information content (AvgIpc) is 2.76. The minimum atomic E-state index is -0.921. The summed E-state index contributed by atoms with van der Waals surface area (Å²) in [5, 5.41) is 18.2. The van der Waals surface area contributed by atoms with Gasteiger partial charge in [-0.25, -0.2) is 4.79 Å². The van der Waals surface area contributed by atoms with E-state index in [1.165, 1.54) is 0 Å². The molecular weight excluding hydrogens is 254 g/mol. The molecule has 3 rings (SSSR count). The highest BCUT2D eigenvalue weighted by Gasteiger charge is 2.26. The number of piperidine rings is 1. The van der Waals surface area contributed by atoms with Crippen molar-refractivity contribution in [3.8, 4) is 0 Å². The fourth-order valence-corrected chi connectivity index (χ4v) is 3.05. The van der Waals surface area contributed by atoms with Crippen LogP contribution in [-0.4, -0.2) is 33.9 Å². The molecule has 2 aromatic rings. The number of benzene rings is 1. The van der Waals surface area contributed by atoms with E-state index in [0.29, 0.717) is 11.4 Å². The fourth-order valence-electron chi connectivity index (χ4n) is 3.05. The highest BCUT2D eigenvalue weighted by atomic mass is 16.4. The van der Waals surface area contributed by atoms with Crippen molar-refractivity contribution in [2.75, 3.05) is 13.1 Å². The Labute approximate surface area is 117 Å². The summed E-state index contributed by atoms with van der Waals surface area (Å²) < 4.78 is 2.01. The summed E-state index contributed by atoms with van der Waals surface area (Å²) in [4.78, 5) is 11.3. The van der Waals surface area contributed by atoms with Crippen molar-refractivity contribution >= 4 is 16.9 Å². The van der Waals surface area contributed by atoms with E-state index in [2.05, 4.69) is 17.3 Å². The number of hydrogen-bond acceptors (Lipinski definition) is 3. The molecule has 1 aliphatic rings. The van der Waals surface area contributed by atoms with Crippen LogP contribution in [-0.2, 0) is 0 Å². The Kier molecular flexibility index (Phi) is 3.22. The monoisotopic (exact) mass is 273 g/mol. The van der Waals surface area contributed by atoms with Gasteiger partial charge in [-0.15, -0.1) is 0 Å². The molecule has 20 heavy (non-hydrogen) atoms. The molecule has 2 N–H and O–H groups in total. The van der Waals surface area contributed by atoms with Gasteiger partial charge in [0.15, 0.2) is 0 Å².